The van der Waals surface area contributed by atoms with E-state index in [4.69, 9.17) is 10.5 Å². The Labute approximate surface area is 116 Å². The van der Waals surface area contributed by atoms with Crippen LogP contribution in [0.15, 0.2) is 0 Å². The number of hydrogen-bond donors (Lipinski definition) is 1. The Bertz CT molecular complexity index is 367. The summed E-state index contributed by atoms with van der Waals surface area (Å²) < 4.78 is 28.1. The van der Waals surface area contributed by atoms with Crippen LogP contribution in [0.4, 0.5) is 0 Å². The van der Waals surface area contributed by atoms with Crippen LogP contribution in [0.5, 0.6) is 0 Å². The van der Waals surface area contributed by atoms with Crippen LogP contribution in [0, 0.1) is 5.41 Å². The van der Waals surface area contributed by atoms with Crippen molar-refractivity contribution in [3.63, 3.8) is 0 Å². The molecule has 6 heteroatoms. The molecular weight excluding hydrogens is 266 g/mol. The van der Waals surface area contributed by atoms with Gasteiger partial charge in [-0.2, -0.15) is 0 Å². The van der Waals surface area contributed by atoms with E-state index in [1.165, 1.54) is 0 Å². The summed E-state index contributed by atoms with van der Waals surface area (Å²) in [6.45, 7) is 5.88. The Morgan fingerprint density at radius 3 is 2.26 bits per heavy atom. The van der Waals surface area contributed by atoms with E-state index in [9.17, 15) is 13.2 Å². The van der Waals surface area contributed by atoms with E-state index < -0.39 is 15.3 Å². The van der Waals surface area contributed by atoms with Crippen molar-refractivity contribution < 1.29 is 17.9 Å². The number of sulfone groups is 1. The first-order chi connectivity index (χ1) is 8.87. The maximum Gasteiger partial charge on any atom is 0.313 e. The summed E-state index contributed by atoms with van der Waals surface area (Å²) in [5.74, 6) is -0.0577. The lowest BCUT2D eigenvalue weighted by molar-refractivity contribution is -0.156. The molecule has 0 aromatic heterocycles. The van der Waals surface area contributed by atoms with Gasteiger partial charge in [0.2, 0.25) is 0 Å². The fourth-order valence-corrected chi connectivity index (χ4v) is 3.03. The first-order valence-corrected chi connectivity index (χ1v) is 8.77. The van der Waals surface area contributed by atoms with Crippen molar-refractivity contribution >= 4 is 15.8 Å². The third kappa shape index (κ3) is 5.91. The molecule has 0 amide bonds. The lowest BCUT2D eigenvalue weighted by Gasteiger charge is -2.29. The molecule has 0 rings (SSSR count). The van der Waals surface area contributed by atoms with Gasteiger partial charge in [0, 0.05) is 12.3 Å². The van der Waals surface area contributed by atoms with Gasteiger partial charge in [-0.05, 0) is 26.2 Å². The first kappa shape index (κ1) is 18.4. The minimum Gasteiger partial charge on any atom is -0.466 e. The third-order valence-electron chi connectivity index (χ3n) is 3.38. The molecule has 5 nitrogen and oxygen atoms in total. The molecule has 1 atom stereocenters. The van der Waals surface area contributed by atoms with Gasteiger partial charge in [0.1, 0.15) is 9.84 Å². The molecule has 0 saturated carbocycles. The van der Waals surface area contributed by atoms with Crippen molar-refractivity contribution in [2.75, 3.05) is 24.7 Å². The molecule has 0 saturated heterocycles. The fraction of sp³-hybridized carbons (Fsp3) is 0.923. The first-order valence-electron chi connectivity index (χ1n) is 6.95. The van der Waals surface area contributed by atoms with E-state index in [0.29, 0.717) is 25.9 Å². The summed E-state index contributed by atoms with van der Waals surface area (Å²) in [4.78, 5) is 12.1. The topological polar surface area (TPSA) is 86.5 Å². The molecule has 19 heavy (non-hydrogen) atoms. The number of hydrogen-bond acceptors (Lipinski definition) is 5. The maximum atomic E-state index is 12.1. The second-order valence-corrected chi connectivity index (χ2v) is 7.27. The number of esters is 1. The minimum atomic E-state index is -3.00. The molecule has 0 radical (unpaired) electrons. The van der Waals surface area contributed by atoms with Crippen LogP contribution < -0.4 is 5.73 Å². The lowest BCUT2D eigenvalue weighted by Crippen LogP contribution is -2.40. The normalized spacial score (nSPS) is 14.9. The average molecular weight is 293 g/mol. The molecule has 0 aliphatic rings. The monoisotopic (exact) mass is 293 g/mol. The summed E-state index contributed by atoms with van der Waals surface area (Å²) in [6, 6.07) is 0. The molecule has 1 unspecified atom stereocenters. The number of nitrogens with two attached hydrogens (primary N) is 1. The zero-order valence-electron chi connectivity index (χ0n) is 12.3. The van der Waals surface area contributed by atoms with Gasteiger partial charge >= 0.3 is 5.97 Å². The number of ether oxygens (including phenoxy) is 1. The van der Waals surface area contributed by atoms with Crippen molar-refractivity contribution in [3.05, 3.63) is 0 Å². The van der Waals surface area contributed by atoms with Gasteiger partial charge in [0.15, 0.2) is 0 Å². The second-order valence-electron chi connectivity index (χ2n) is 4.79. The highest BCUT2D eigenvalue weighted by Crippen LogP contribution is 2.30. The Morgan fingerprint density at radius 1 is 1.21 bits per heavy atom. The Hall–Kier alpha value is -0.620. The smallest absolute Gasteiger partial charge is 0.313 e. The van der Waals surface area contributed by atoms with E-state index >= 15 is 0 Å². The van der Waals surface area contributed by atoms with E-state index in [0.717, 1.165) is 6.42 Å². The van der Waals surface area contributed by atoms with Crippen molar-refractivity contribution in [2.24, 2.45) is 11.1 Å². The van der Waals surface area contributed by atoms with Crippen molar-refractivity contribution in [2.45, 2.75) is 46.5 Å². The number of rotatable bonds is 10. The van der Waals surface area contributed by atoms with E-state index in [1.807, 2.05) is 6.92 Å². The highest BCUT2D eigenvalue weighted by Gasteiger charge is 2.37. The summed E-state index contributed by atoms with van der Waals surface area (Å²) >= 11 is 0. The standard InChI is InChI=1S/C13H27NO4S/c1-4-8-13(11-14,12(15)18-5-2)9-7-10-19(16,17)6-3/h4-11,14H2,1-3H3. The molecule has 0 aromatic rings. The van der Waals surface area contributed by atoms with Gasteiger partial charge in [0.05, 0.1) is 17.8 Å². The van der Waals surface area contributed by atoms with Crippen LogP contribution >= 0.6 is 0 Å². The van der Waals surface area contributed by atoms with Gasteiger partial charge in [-0.15, -0.1) is 0 Å². The molecule has 0 spiro atoms. The zero-order valence-corrected chi connectivity index (χ0v) is 13.1. The Balaban J connectivity index is 4.72. The fourth-order valence-electron chi connectivity index (χ4n) is 2.15. The lowest BCUT2D eigenvalue weighted by atomic mass is 9.79. The summed E-state index contributed by atoms with van der Waals surface area (Å²) in [7, 11) is -3.00. The highest BCUT2D eigenvalue weighted by atomic mass is 32.2. The van der Waals surface area contributed by atoms with E-state index in [-0.39, 0.29) is 24.0 Å². The van der Waals surface area contributed by atoms with Crippen molar-refractivity contribution in [3.8, 4) is 0 Å². The number of carbonyl (C=O) groups excluding carboxylic acids is 1. The Morgan fingerprint density at radius 2 is 1.84 bits per heavy atom. The molecule has 0 fully saturated rings. The summed E-state index contributed by atoms with van der Waals surface area (Å²) in [6.07, 6.45) is 2.37. The van der Waals surface area contributed by atoms with Gasteiger partial charge in [-0.3, -0.25) is 4.79 Å². The minimum absolute atomic E-state index is 0.106. The van der Waals surface area contributed by atoms with Gasteiger partial charge < -0.3 is 10.5 Å². The van der Waals surface area contributed by atoms with E-state index in [2.05, 4.69) is 0 Å². The molecular formula is C13H27NO4S. The second kappa shape index (κ2) is 8.53. The largest absolute Gasteiger partial charge is 0.466 e. The quantitative estimate of drug-likeness (QED) is 0.617. The highest BCUT2D eigenvalue weighted by molar-refractivity contribution is 7.91. The van der Waals surface area contributed by atoms with Gasteiger partial charge in [0.25, 0.3) is 0 Å². The molecule has 0 heterocycles. The van der Waals surface area contributed by atoms with Crippen LogP contribution in [0.3, 0.4) is 0 Å². The third-order valence-corrected chi connectivity index (χ3v) is 5.17. The van der Waals surface area contributed by atoms with Crippen molar-refractivity contribution in [1.82, 2.24) is 0 Å². The number of carbonyl (C=O) groups is 1. The van der Waals surface area contributed by atoms with Crippen LogP contribution in [0.25, 0.3) is 0 Å². The van der Waals surface area contributed by atoms with Gasteiger partial charge in [-0.1, -0.05) is 20.3 Å². The van der Waals surface area contributed by atoms with Crippen LogP contribution in [-0.2, 0) is 19.4 Å². The molecule has 0 aliphatic carbocycles. The molecule has 0 bridgehead atoms. The van der Waals surface area contributed by atoms with E-state index in [1.54, 1.807) is 13.8 Å². The average Bonchev–Trinajstić information content (AvgIpc) is 2.37. The Kier molecular flexibility index (Phi) is 8.25. The molecule has 0 aromatic carbocycles. The van der Waals surface area contributed by atoms with Crippen LogP contribution in [0.2, 0.25) is 0 Å². The van der Waals surface area contributed by atoms with Crippen LogP contribution in [-0.4, -0.2) is 39.0 Å². The molecule has 114 valence electrons. The summed E-state index contributed by atoms with van der Waals surface area (Å²) in [5.41, 5.74) is 5.03. The summed E-state index contributed by atoms with van der Waals surface area (Å²) in [5, 5.41) is 0. The SMILES string of the molecule is CCCC(CN)(CCCS(=O)(=O)CC)C(=O)OCC. The zero-order chi connectivity index (χ0) is 14.9. The molecule has 0 aliphatic heterocycles. The maximum absolute atomic E-state index is 12.1. The molecule has 2 N–H and O–H groups in total. The predicted octanol–water partition coefficient (Wildman–Crippen LogP) is 1.51. The predicted molar refractivity (Wildman–Crippen MR) is 76.6 cm³/mol. The van der Waals surface area contributed by atoms with Crippen molar-refractivity contribution in [1.29, 1.82) is 0 Å². The van der Waals surface area contributed by atoms with Gasteiger partial charge in [-0.25, -0.2) is 8.42 Å². The van der Waals surface area contributed by atoms with Crippen LogP contribution in [0.1, 0.15) is 46.5 Å².